The van der Waals surface area contributed by atoms with Gasteiger partial charge in [0.2, 0.25) is 0 Å². The number of ether oxygens (including phenoxy) is 1. The Bertz CT molecular complexity index is 1000. The van der Waals surface area contributed by atoms with E-state index in [1.165, 1.54) is 32.1 Å². The summed E-state index contributed by atoms with van der Waals surface area (Å²) in [5, 5.41) is 13.5. The molecular formula is C25H28N4O. The van der Waals surface area contributed by atoms with Gasteiger partial charge in [0.1, 0.15) is 11.4 Å². The number of rotatable bonds is 5. The Kier molecular flexibility index (Phi) is 4.31. The topological polar surface area (TPSA) is 70.3 Å². The third-order valence-electron chi connectivity index (χ3n) is 7.99. The summed E-state index contributed by atoms with van der Waals surface area (Å²) in [6, 6.07) is 10.6. The normalized spacial score (nSPS) is 33.4. The molecule has 30 heavy (non-hydrogen) atoms. The van der Waals surface area contributed by atoms with E-state index in [1.54, 1.807) is 0 Å². The van der Waals surface area contributed by atoms with Gasteiger partial charge in [0.15, 0.2) is 6.19 Å². The number of para-hydroxylation sites is 1. The first-order valence-electron chi connectivity index (χ1n) is 11.4. The van der Waals surface area contributed by atoms with Gasteiger partial charge in [-0.25, -0.2) is 0 Å². The first-order chi connectivity index (χ1) is 14.7. The van der Waals surface area contributed by atoms with Crippen molar-refractivity contribution in [3.8, 4) is 6.19 Å². The summed E-state index contributed by atoms with van der Waals surface area (Å²) < 4.78 is 6.46. The lowest BCUT2D eigenvalue weighted by atomic mass is 9.54. The zero-order valence-corrected chi connectivity index (χ0v) is 17.3. The van der Waals surface area contributed by atoms with Crippen LogP contribution < -0.4 is 5.32 Å². The molecule has 1 N–H and O–H groups in total. The molecule has 5 aliphatic carbocycles. The Balaban J connectivity index is 1.24. The zero-order chi connectivity index (χ0) is 20.1. The van der Waals surface area contributed by atoms with Crippen molar-refractivity contribution >= 4 is 16.7 Å². The summed E-state index contributed by atoms with van der Waals surface area (Å²) in [5.74, 6) is 4.04. The van der Waals surface area contributed by atoms with Gasteiger partial charge in [0.05, 0.1) is 18.2 Å². The minimum atomic E-state index is -0.429. The molecule has 5 heteroatoms. The number of nitriles is 1. The molecule has 7 rings (SSSR count). The maximum absolute atomic E-state index is 9.43. The van der Waals surface area contributed by atoms with Crippen LogP contribution >= 0.6 is 0 Å². The van der Waals surface area contributed by atoms with E-state index in [4.69, 9.17) is 9.73 Å². The van der Waals surface area contributed by atoms with Crippen LogP contribution in [0.5, 0.6) is 0 Å². The predicted molar refractivity (Wildman–Crippen MR) is 116 cm³/mol. The smallest absolute Gasteiger partial charge is 0.182 e. The summed E-state index contributed by atoms with van der Waals surface area (Å²) >= 11 is 0. The van der Waals surface area contributed by atoms with E-state index in [2.05, 4.69) is 40.8 Å². The van der Waals surface area contributed by atoms with E-state index in [-0.39, 0.29) is 0 Å². The average Bonchev–Trinajstić information content (AvgIpc) is 3.54. The van der Waals surface area contributed by atoms with Crippen molar-refractivity contribution in [3.05, 3.63) is 42.1 Å². The highest BCUT2D eigenvalue weighted by molar-refractivity contribution is 5.94. The number of nitrogens with one attached hydrogen (secondary N) is 1. The van der Waals surface area contributed by atoms with Crippen LogP contribution in [0.15, 0.2) is 41.5 Å². The first kappa shape index (κ1) is 18.3. The third-order valence-corrected chi connectivity index (χ3v) is 7.99. The van der Waals surface area contributed by atoms with E-state index in [0.29, 0.717) is 24.5 Å². The molecule has 1 heterocycles. The fraction of sp³-hybridized carbons (Fsp3) is 0.560. The number of pyridine rings is 1. The van der Waals surface area contributed by atoms with Crippen molar-refractivity contribution in [2.75, 3.05) is 0 Å². The molecule has 1 aromatic carbocycles. The van der Waals surface area contributed by atoms with Crippen LogP contribution in [0.25, 0.3) is 10.9 Å². The molecule has 5 aliphatic rings. The van der Waals surface area contributed by atoms with Crippen LogP contribution in [-0.2, 0) is 11.3 Å². The van der Waals surface area contributed by atoms with Gasteiger partial charge >= 0.3 is 0 Å². The molecule has 5 saturated carbocycles. The van der Waals surface area contributed by atoms with Gasteiger partial charge in [-0.1, -0.05) is 24.3 Å². The van der Waals surface area contributed by atoms with E-state index in [9.17, 15) is 5.26 Å². The lowest BCUT2D eigenvalue weighted by molar-refractivity contribution is 0.00000547. The van der Waals surface area contributed by atoms with Gasteiger partial charge in [-0.2, -0.15) is 5.26 Å². The van der Waals surface area contributed by atoms with E-state index in [1.807, 2.05) is 12.3 Å². The second kappa shape index (κ2) is 7.06. The van der Waals surface area contributed by atoms with Crippen LogP contribution in [0.3, 0.4) is 0 Å². The van der Waals surface area contributed by atoms with Gasteiger partial charge in [0.25, 0.3) is 0 Å². The molecule has 154 valence electrons. The van der Waals surface area contributed by atoms with Crippen LogP contribution in [0, 0.1) is 35.1 Å². The number of fused-ring (bicyclic) bond motifs is 1. The van der Waals surface area contributed by atoms with Crippen molar-refractivity contribution in [2.45, 2.75) is 63.2 Å². The monoisotopic (exact) mass is 400 g/mol. The van der Waals surface area contributed by atoms with Gasteiger partial charge in [-0.05, 0) is 74.7 Å². The zero-order valence-electron chi connectivity index (χ0n) is 17.3. The molecule has 2 aromatic rings. The van der Waals surface area contributed by atoms with Crippen LogP contribution in [-0.4, -0.2) is 22.5 Å². The summed E-state index contributed by atoms with van der Waals surface area (Å²) in [4.78, 5) is 9.76. The molecule has 0 saturated heterocycles. The molecule has 4 bridgehead atoms. The summed E-state index contributed by atoms with van der Waals surface area (Å²) in [5.41, 5.74) is 1.65. The molecule has 0 spiro atoms. The minimum absolute atomic E-state index is 0.369. The van der Waals surface area contributed by atoms with Gasteiger partial charge in [-0.3, -0.25) is 15.3 Å². The van der Waals surface area contributed by atoms with E-state index < -0.39 is 5.60 Å². The number of nitrogens with zero attached hydrogens (tertiary/aromatic N) is 3. The standard InChI is InChI=1S/C25H28N4O/c26-15-28-24(29-23-20-10-16-9-17(12-20)13-21(23)11-16)25(6-7-25)30-14-19-4-1-3-18-5-2-8-27-22(18)19/h1-5,8,16-17,20-21,23H,6-7,9-14H2,(H,28,29). The first-order valence-corrected chi connectivity index (χ1v) is 11.4. The number of benzene rings is 1. The molecule has 0 unspecified atom stereocenters. The van der Waals surface area contributed by atoms with Gasteiger partial charge in [-0.15, -0.1) is 0 Å². The maximum atomic E-state index is 9.43. The van der Waals surface area contributed by atoms with E-state index >= 15 is 0 Å². The van der Waals surface area contributed by atoms with Crippen molar-refractivity contribution < 1.29 is 4.74 Å². The Morgan fingerprint density at radius 3 is 2.53 bits per heavy atom. The minimum Gasteiger partial charge on any atom is -0.362 e. The molecule has 0 atom stereocenters. The molecule has 5 nitrogen and oxygen atoms in total. The van der Waals surface area contributed by atoms with Gasteiger partial charge in [0, 0.05) is 17.1 Å². The fourth-order valence-electron chi connectivity index (χ4n) is 6.64. The Morgan fingerprint density at radius 2 is 1.83 bits per heavy atom. The lowest BCUT2D eigenvalue weighted by Gasteiger charge is -2.53. The third kappa shape index (κ3) is 3.09. The molecule has 1 aromatic heterocycles. The molecule has 5 fully saturated rings. The van der Waals surface area contributed by atoms with Gasteiger partial charge < -0.3 is 4.74 Å². The number of hydrogen-bond donors (Lipinski definition) is 1. The van der Waals surface area contributed by atoms with Crippen molar-refractivity contribution in [1.29, 1.82) is 5.26 Å². The highest BCUT2D eigenvalue weighted by Gasteiger charge is 2.52. The lowest BCUT2D eigenvalue weighted by Crippen LogP contribution is -2.49. The summed E-state index contributed by atoms with van der Waals surface area (Å²) in [7, 11) is 0. The molecule has 0 radical (unpaired) electrons. The van der Waals surface area contributed by atoms with Crippen molar-refractivity contribution in [1.82, 2.24) is 10.3 Å². The Morgan fingerprint density at radius 1 is 1.10 bits per heavy atom. The highest BCUT2D eigenvalue weighted by atomic mass is 16.5. The average molecular weight is 401 g/mol. The fourth-order valence-corrected chi connectivity index (χ4v) is 6.64. The summed E-state index contributed by atoms with van der Waals surface area (Å²) in [6.07, 6.45) is 12.6. The Labute approximate surface area is 177 Å². The van der Waals surface area contributed by atoms with Crippen LogP contribution in [0.1, 0.15) is 50.5 Å². The number of aromatic nitrogens is 1. The molecular weight excluding hydrogens is 372 g/mol. The maximum Gasteiger partial charge on any atom is 0.182 e. The highest BCUT2D eigenvalue weighted by Crippen LogP contribution is 2.55. The Hall–Kier alpha value is -2.45. The number of aliphatic imine (C=N–C) groups is 1. The SMILES string of the molecule is N#CNC(=NC1C2CC3CC(C2)CC1C3)C1(OCc2cccc3cccnc23)CC1. The van der Waals surface area contributed by atoms with Crippen molar-refractivity contribution in [3.63, 3.8) is 0 Å². The second-order valence-electron chi connectivity index (χ2n) is 9.91. The molecule has 0 aliphatic heterocycles. The van der Waals surface area contributed by atoms with Crippen molar-refractivity contribution in [2.24, 2.45) is 28.7 Å². The quantitative estimate of drug-likeness (QED) is 0.345. The number of hydrogen-bond acceptors (Lipinski definition) is 4. The van der Waals surface area contributed by atoms with Crippen LogP contribution in [0.4, 0.5) is 0 Å². The molecule has 0 amide bonds. The predicted octanol–water partition coefficient (Wildman–Crippen LogP) is 4.58. The van der Waals surface area contributed by atoms with Crippen LogP contribution in [0.2, 0.25) is 0 Å². The van der Waals surface area contributed by atoms with E-state index in [0.717, 1.165) is 47.0 Å². The summed E-state index contributed by atoms with van der Waals surface area (Å²) in [6.45, 7) is 0.488. The number of amidine groups is 1. The second-order valence-corrected chi connectivity index (χ2v) is 9.91. The largest absolute Gasteiger partial charge is 0.362 e.